The SMILES string of the molecule is CC(C#N)c1cccc2c1cnn2C. The van der Waals surface area contributed by atoms with Crippen LogP contribution in [0.2, 0.25) is 0 Å². The molecule has 1 aromatic heterocycles. The van der Waals surface area contributed by atoms with Crippen LogP contribution < -0.4 is 0 Å². The fraction of sp³-hybridized carbons (Fsp3) is 0.273. The van der Waals surface area contributed by atoms with E-state index in [-0.39, 0.29) is 5.92 Å². The molecule has 0 bridgehead atoms. The second-order valence-electron chi connectivity index (χ2n) is 3.40. The summed E-state index contributed by atoms with van der Waals surface area (Å²) in [5.74, 6) is -0.0806. The van der Waals surface area contributed by atoms with E-state index in [9.17, 15) is 0 Å². The van der Waals surface area contributed by atoms with Gasteiger partial charge in [-0.25, -0.2) is 0 Å². The van der Waals surface area contributed by atoms with Gasteiger partial charge in [0.05, 0.1) is 23.7 Å². The molecule has 0 fully saturated rings. The molecule has 0 aliphatic heterocycles. The van der Waals surface area contributed by atoms with Gasteiger partial charge in [0.2, 0.25) is 0 Å². The molecule has 70 valence electrons. The first-order chi connectivity index (χ1) is 6.74. The largest absolute Gasteiger partial charge is 0.268 e. The lowest BCUT2D eigenvalue weighted by molar-refractivity contribution is 0.797. The Hall–Kier alpha value is -1.82. The average molecular weight is 185 g/mol. The predicted molar refractivity (Wildman–Crippen MR) is 54.7 cm³/mol. The maximum absolute atomic E-state index is 8.88. The summed E-state index contributed by atoms with van der Waals surface area (Å²) in [7, 11) is 1.91. The Labute approximate surface area is 82.6 Å². The van der Waals surface area contributed by atoms with Crippen LogP contribution in [0, 0.1) is 11.3 Å². The molecule has 0 radical (unpaired) electrons. The van der Waals surface area contributed by atoms with Crippen molar-refractivity contribution in [2.24, 2.45) is 7.05 Å². The zero-order valence-corrected chi connectivity index (χ0v) is 8.23. The number of benzene rings is 1. The highest BCUT2D eigenvalue weighted by molar-refractivity contribution is 5.83. The van der Waals surface area contributed by atoms with Crippen molar-refractivity contribution in [3.05, 3.63) is 30.0 Å². The van der Waals surface area contributed by atoms with Crippen LogP contribution in [0.1, 0.15) is 18.4 Å². The molecule has 2 aromatic rings. The maximum atomic E-state index is 8.88. The summed E-state index contributed by atoms with van der Waals surface area (Å²) >= 11 is 0. The van der Waals surface area contributed by atoms with Crippen LogP contribution in [0.4, 0.5) is 0 Å². The molecule has 2 rings (SSSR count). The molecule has 14 heavy (non-hydrogen) atoms. The molecule has 1 atom stereocenters. The molecule has 0 amide bonds. The summed E-state index contributed by atoms with van der Waals surface area (Å²) < 4.78 is 1.82. The predicted octanol–water partition coefficient (Wildman–Crippen LogP) is 2.20. The Bertz CT molecular complexity index is 505. The molecular formula is C11H11N3. The van der Waals surface area contributed by atoms with E-state index in [1.165, 1.54) is 0 Å². The van der Waals surface area contributed by atoms with Gasteiger partial charge in [0.1, 0.15) is 0 Å². The fourth-order valence-electron chi connectivity index (χ4n) is 1.65. The van der Waals surface area contributed by atoms with Gasteiger partial charge in [-0.05, 0) is 18.6 Å². The summed E-state index contributed by atoms with van der Waals surface area (Å²) in [6.45, 7) is 1.90. The lowest BCUT2D eigenvalue weighted by atomic mass is 9.99. The van der Waals surface area contributed by atoms with Gasteiger partial charge >= 0.3 is 0 Å². The van der Waals surface area contributed by atoms with Gasteiger partial charge in [-0.15, -0.1) is 0 Å². The van der Waals surface area contributed by atoms with E-state index in [1.54, 1.807) is 0 Å². The molecule has 0 aliphatic rings. The van der Waals surface area contributed by atoms with Gasteiger partial charge in [-0.2, -0.15) is 10.4 Å². The van der Waals surface area contributed by atoms with Crippen LogP contribution in [0.15, 0.2) is 24.4 Å². The molecule has 3 heteroatoms. The van der Waals surface area contributed by atoms with E-state index in [4.69, 9.17) is 5.26 Å². The van der Waals surface area contributed by atoms with E-state index in [0.29, 0.717) is 0 Å². The minimum absolute atomic E-state index is 0.0806. The maximum Gasteiger partial charge on any atom is 0.0701 e. The average Bonchev–Trinajstić information content (AvgIpc) is 2.59. The molecule has 3 nitrogen and oxygen atoms in total. The van der Waals surface area contributed by atoms with E-state index < -0.39 is 0 Å². The molecule has 0 spiro atoms. The monoisotopic (exact) mass is 185 g/mol. The summed E-state index contributed by atoms with van der Waals surface area (Å²) in [5.41, 5.74) is 2.13. The number of hydrogen-bond donors (Lipinski definition) is 0. The number of hydrogen-bond acceptors (Lipinski definition) is 2. The van der Waals surface area contributed by atoms with E-state index >= 15 is 0 Å². The Balaban J connectivity index is 2.73. The second kappa shape index (κ2) is 3.15. The molecule has 0 saturated heterocycles. The lowest BCUT2D eigenvalue weighted by Crippen LogP contribution is -1.92. The Morgan fingerprint density at radius 1 is 1.50 bits per heavy atom. The van der Waals surface area contributed by atoms with E-state index in [0.717, 1.165) is 16.5 Å². The second-order valence-corrected chi connectivity index (χ2v) is 3.40. The van der Waals surface area contributed by atoms with Crippen molar-refractivity contribution in [2.75, 3.05) is 0 Å². The van der Waals surface area contributed by atoms with Crippen molar-refractivity contribution in [1.82, 2.24) is 9.78 Å². The van der Waals surface area contributed by atoms with Crippen LogP contribution in [0.5, 0.6) is 0 Å². The van der Waals surface area contributed by atoms with Gasteiger partial charge in [-0.1, -0.05) is 12.1 Å². The number of aryl methyl sites for hydroxylation is 1. The zero-order valence-electron chi connectivity index (χ0n) is 8.23. The molecular weight excluding hydrogens is 174 g/mol. The van der Waals surface area contributed by atoms with Crippen LogP contribution >= 0.6 is 0 Å². The summed E-state index contributed by atoms with van der Waals surface area (Å²) in [6.07, 6.45) is 1.82. The third-order valence-electron chi connectivity index (χ3n) is 2.49. The third kappa shape index (κ3) is 1.16. The normalized spacial score (nSPS) is 12.6. The molecule has 0 N–H and O–H groups in total. The van der Waals surface area contributed by atoms with Crippen LogP contribution in [0.25, 0.3) is 10.9 Å². The van der Waals surface area contributed by atoms with Gasteiger partial charge in [0.25, 0.3) is 0 Å². The molecule has 1 aromatic carbocycles. The van der Waals surface area contributed by atoms with Crippen molar-refractivity contribution in [3.63, 3.8) is 0 Å². The van der Waals surface area contributed by atoms with Gasteiger partial charge in [0.15, 0.2) is 0 Å². The summed E-state index contributed by atoms with van der Waals surface area (Å²) in [5, 5.41) is 14.1. The lowest BCUT2D eigenvalue weighted by Gasteiger charge is -2.03. The number of nitrogens with zero attached hydrogens (tertiary/aromatic N) is 3. The number of aromatic nitrogens is 2. The highest BCUT2D eigenvalue weighted by Gasteiger charge is 2.09. The van der Waals surface area contributed by atoms with E-state index in [2.05, 4.69) is 11.2 Å². The van der Waals surface area contributed by atoms with Crippen molar-refractivity contribution in [1.29, 1.82) is 5.26 Å². The Morgan fingerprint density at radius 2 is 2.29 bits per heavy atom. The molecule has 1 unspecified atom stereocenters. The van der Waals surface area contributed by atoms with E-state index in [1.807, 2.05) is 43.0 Å². The Morgan fingerprint density at radius 3 is 3.00 bits per heavy atom. The minimum atomic E-state index is -0.0806. The van der Waals surface area contributed by atoms with Crippen molar-refractivity contribution in [2.45, 2.75) is 12.8 Å². The topological polar surface area (TPSA) is 41.6 Å². The highest BCUT2D eigenvalue weighted by atomic mass is 15.2. The standard InChI is InChI=1S/C11H11N3/c1-8(6-12)9-4-3-5-11-10(9)7-13-14(11)2/h3-5,7-8H,1-2H3. The minimum Gasteiger partial charge on any atom is -0.268 e. The molecule has 0 aliphatic carbocycles. The number of nitriles is 1. The van der Waals surface area contributed by atoms with Crippen molar-refractivity contribution in [3.8, 4) is 6.07 Å². The van der Waals surface area contributed by atoms with Crippen molar-refractivity contribution >= 4 is 10.9 Å². The zero-order chi connectivity index (χ0) is 10.1. The van der Waals surface area contributed by atoms with Crippen LogP contribution in [0.3, 0.4) is 0 Å². The fourth-order valence-corrected chi connectivity index (χ4v) is 1.65. The number of fused-ring (bicyclic) bond motifs is 1. The number of rotatable bonds is 1. The first kappa shape index (κ1) is 8.76. The molecule has 1 heterocycles. The van der Waals surface area contributed by atoms with Crippen LogP contribution in [-0.2, 0) is 7.05 Å². The highest BCUT2D eigenvalue weighted by Crippen LogP contribution is 2.24. The summed E-state index contributed by atoms with van der Waals surface area (Å²) in [4.78, 5) is 0. The van der Waals surface area contributed by atoms with Gasteiger partial charge in [-0.3, -0.25) is 4.68 Å². The summed E-state index contributed by atoms with van der Waals surface area (Å²) in [6, 6.07) is 8.20. The smallest absolute Gasteiger partial charge is 0.0701 e. The Kier molecular flexibility index (Phi) is 1.97. The van der Waals surface area contributed by atoms with Gasteiger partial charge in [0, 0.05) is 12.4 Å². The quantitative estimate of drug-likeness (QED) is 0.683. The van der Waals surface area contributed by atoms with Gasteiger partial charge < -0.3 is 0 Å². The first-order valence-electron chi connectivity index (χ1n) is 4.54. The molecule has 0 saturated carbocycles. The third-order valence-corrected chi connectivity index (χ3v) is 2.49. The van der Waals surface area contributed by atoms with Crippen LogP contribution in [-0.4, -0.2) is 9.78 Å². The first-order valence-corrected chi connectivity index (χ1v) is 4.54. The van der Waals surface area contributed by atoms with Crippen molar-refractivity contribution < 1.29 is 0 Å².